The molecule has 1 heterocycles. The van der Waals surface area contributed by atoms with Crippen molar-refractivity contribution in [2.45, 2.75) is 52.4 Å². The molecule has 0 spiro atoms. The van der Waals surface area contributed by atoms with E-state index in [1.165, 1.54) is 5.56 Å². The van der Waals surface area contributed by atoms with Crippen LogP contribution in [0.1, 0.15) is 62.3 Å². The van der Waals surface area contributed by atoms with Gasteiger partial charge >= 0.3 is 5.97 Å². The molecular weight excluding hydrogens is 406 g/mol. The van der Waals surface area contributed by atoms with E-state index in [9.17, 15) is 9.59 Å². The van der Waals surface area contributed by atoms with E-state index in [0.717, 1.165) is 5.56 Å². The summed E-state index contributed by atoms with van der Waals surface area (Å²) in [4.78, 5) is 28.3. The molecule has 0 saturated carbocycles. The van der Waals surface area contributed by atoms with Crippen LogP contribution in [0.2, 0.25) is 0 Å². The number of nitrogens with one attached hydrogen (secondary N) is 1. The Labute approximate surface area is 188 Å². The topological polar surface area (TPSA) is 94.3 Å². The molecule has 7 heteroatoms. The van der Waals surface area contributed by atoms with Crippen molar-refractivity contribution < 1.29 is 18.8 Å². The maximum Gasteiger partial charge on any atom is 0.338 e. The van der Waals surface area contributed by atoms with Crippen molar-refractivity contribution in [3.05, 3.63) is 65.5 Å². The third kappa shape index (κ3) is 6.26. The fourth-order valence-corrected chi connectivity index (χ4v) is 3.12. The van der Waals surface area contributed by atoms with Crippen molar-refractivity contribution in [1.82, 2.24) is 10.1 Å². The molecule has 0 saturated heterocycles. The molecule has 3 rings (SSSR count). The highest BCUT2D eigenvalue weighted by molar-refractivity contribution is 5.93. The van der Waals surface area contributed by atoms with E-state index in [2.05, 4.69) is 48.4 Å². The van der Waals surface area contributed by atoms with Crippen LogP contribution in [-0.4, -0.2) is 28.6 Å². The lowest BCUT2D eigenvalue weighted by atomic mass is 9.87. The molecule has 0 aliphatic rings. The quantitative estimate of drug-likeness (QED) is 0.491. The van der Waals surface area contributed by atoms with E-state index < -0.39 is 0 Å². The van der Waals surface area contributed by atoms with E-state index >= 15 is 0 Å². The second kappa shape index (κ2) is 10.2. The Hall–Kier alpha value is -3.48. The number of carbonyl (C=O) groups is 2. The second-order valence-corrected chi connectivity index (χ2v) is 8.54. The molecule has 0 fully saturated rings. The Bertz CT molecular complexity index is 1050. The predicted molar refractivity (Wildman–Crippen MR) is 122 cm³/mol. The van der Waals surface area contributed by atoms with E-state index in [4.69, 9.17) is 9.26 Å². The first-order valence-electron chi connectivity index (χ1n) is 10.8. The van der Waals surface area contributed by atoms with E-state index in [1.54, 1.807) is 31.2 Å². The number of nitrogens with zero attached hydrogens (tertiary/aromatic N) is 2. The molecule has 7 nitrogen and oxygen atoms in total. The largest absolute Gasteiger partial charge is 0.462 e. The minimum Gasteiger partial charge on any atom is -0.462 e. The van der Waals surface area contributed by atoms with Crippen LogP contribution in [0.3, 0.4) is 0 Å². The molecule has 0 atom stereocenters. The Morgan fingerprint density at radius 3 is 2.34 bits per heavy atom. The lowest BCUT2D eigenvalue weighted by molar-refractivity contribution is -0.116. The third-order valence-corrected chi connectivity index (χ3v) is 4.95. The molecule has 0 unspecified atom stereocenters. The number of anilines is 1. The van der Waals surface area contributed by atoms with Gasteiger partial charge in [-0.05, 0) is 48.6 Å². The van der Waals surface area contributed by atoms with Gasteiger partial charge in [-0.1, -0.05) is 50.2 Å². The van der Waals surface area contributed by atoms with Crippen molar-refractivity contribution in [2.24, 2.45) is 0 Å². The number of hydrogen-bond acceptors (Lipinski definition) is 6. The molecule has 0 aliphatic heterocycles. The number of ether oxygens (including phenoxy) is 1. The average molecular weight is 436 g/mol. The van der Waals surface area contributed by atoms with Crippen molar-refractivity contribution >= 4 is 17.6 Å². The zero-order valence-electron chi connectivity index (χ0n) is 19.0. The number of esters is 1. The summed E-state index contributed by atoms with van der Waals surface area (Å²) in [7, 11) is 0. The van der Waals surface area contributed by atoms with Gasteiger partial charge in [-0.2, -0.15) is 4.98 Å². The molecule has 1 N–H and O–H groups in total. The molecule has 32 heavy (non-hydrogen) atoms. The number of carbonyl (C=O) groups excluding carboxylic acids is 2. The average Bonchev–Trinajstić information content (AvgIpc) is 3.23. The third-order valence-electron chi connectivity index (χ3n) is 4.95. The highest BCUT2D eigenvalue weighted by atomic mass is 16.5. The van der Waals surface area contributed by atoms with Gasteiger partial charge in [0.25, 0.3) is 0 Å². The summed E-state index contributed by atoms with van der Waals surface area (Å²) in [6, 6.07) is 14.8. The maximum absolute atomic E-state index is 12.2. The number of aromatic nitrogens is 2. The lowest BCUT2D eigenvalue weighted by Gasteiger charge is -2.18. The Kier molecular flexibility index (Phi) is 7.41. The Morgan fingerprint density at radius 2 is 1.72 bits per heavy atom. The van der Waals surface area contributed by atoms with Crippen LogP contribution in [0, 0.1) is 0 Å². The van der Waals surface area contributed by atoms with E-state index in [1.807, 2.05) is 12.1 Å². The SMILES string of the molecule is CCOC(=O)c1ccc(NC(=O)CCCc2nc(-c3ccc(C(C)(C)C)cc3)no2)cc1. The second-order valence-electron chi connectivity index (χ2n) is 8.54. The van der Waals surface area contributed by atoms with E-state index in [-0.39, 0.29) is 17.3 Å². The number of amides is 1. The van der Waals surface area contributed by atoms with Crippen LogP contribution < -0.4 is 5.32 Å². The van der Waals surface area contributed by atoms with Gasteiger partial charge in [-0.25, -0.2) is 4.79 Å². The number of benzene rings is 2. The zero-order valence-corrected chi connectivity index (χ0v) is 19.0. The lowest BCUT2D eigenvalue weighted by Crippen LogP contribution is -2.12. The fraction of sp³-hybridized carbons (Fsp3) is 0.360. The number of aryl methyl sites for hydroxylation is 1. The van der Waals surface area contributed by atoms with Crippen molar-refractivity contribution in [1.29, 1.82) is 0 Å². The molecule has 3 aromatic rings. The Morgan fingerprint density at radius 1 is 1.03 bits per heavy atom. The van der Waals surface area contributed by atoms with Gasteiger partial charge in [0.2, 0.25) is 17.6 Å². The first-order valence-corrected chi connectivity index (χ1v) is 10.8. The summed E-state index contributed by atoms with van der Waals surface area (Å²) in [5.41, 5.74) is 3.31. The van der Waals surface area contributed by atoms with Gasteiger partial charge in [0.15, 0.2) is 0 Å². The molecule has 0 radical (unpaired) electrons. The Balaban J connectivity index is 1.47. The summed E-state index contributed by atoms with van der Waals surface area (Å²) in [6.45, 7) is 8.59. The van der Waals surface area contributed by atoms with Gasteiger partial charge in [-0.15, -0.1) is 0 Å². The monoisotopic (exact) mass is 435 g/mol. The zero-order chi connectivity index (χ0) is 23.1. The summed E-state index contributed by atoms with van der Waals surface area (Å²) in [5, 5.41) is 6.87. The van der Waals surface area contributed by atoms with Crippen molar-refractivity contribution in [3.63, 3.8) is 0 Å². The van der Waals surface area contributed by atoms with Crippen LogP contribution in [0.15, 0.2) is 53.1 Å². The normalized spacial score (nSPS) is 11.2. The molecule has 168 valence electrons. The van der Waals surface area contributed by atoms with Gasteiger partial charge in [0.1, 0.15) is 0 Å². The van der Waals surface area contributed by atoms with Crippen LogP contribution in [0.25, 0.3) is 11.4 Å². The van der Waals surface area contributed by atoms with Gasteiger partial charge in [0.05, 0.1) is 12.2 Å². The first kappa shape index (κ1) is 23.2. The highest BCUT2D eigenvalue weighted by Gasteiger charge is 2.15. The molecule has 0 aliphatic carbocycles. The van der Waals surface area contributed by atoms with Gasteiger partial charge < -0.3 is 14.6 Å². The molecule has 0 bridgehead atoms. The maximum atomic E-state index is 12.2. The van der Waals surface area contributed by atoms with Crippen molar-refractivity contribution in [3.8, 4) is 11.4 Å². The standard InChI is InChI=1S/C25H29N3O4/c1-5-31-24(30)18-11-15-20(16-12-18)26-21(29)7-6-8-22-27-23(28-32-22)17-9-13-19(14-10-17)25(2,3)4/h9-16H,5-8H2,1-4H3,(H,26,29). The van der Waals surface area contributed by atoms with Crippen LogP contribution in [0.4, 0.5) is 5.69 Å². The minimum atomic E-state index is -0.380. The molecular formula is C25H29N3O4. The molecule has 1 amide bonds. The fourth-order valence-electron chi connectivity index (χ4n) is 3.12. The van der Waals surface area contributed by atoms with Crippen LogP contribution in [-0.2, 0) is 21.4 Å². The molecule has 2 aromatic carbocycles. The summed E-state index contributed by atoms with van der Waals surface area (Å²) in [6.07, 6.45) is 1.41. The minimum absolute atomic E-state index is 0.0877. The highest BCUT2D eigenvalue weighted by Crippen LogP contribution is 2.25. The predicted octanol–water partition coefficient (Wildman–Crippen LogP) is 5.17. The first-order chi connectivity index (χ1) is 15.3. The van der Waals surface area contributed by atoms with Crippen LogP contribution >= 0.6 is 0 Å². The van der Waals surface area contributed by atoms with Gasteiger partial charge in [-0.3, -0.25) is 4.79 Å². The number of rotatable bonds is 8. The van der Waals surface area contributed by atoms with E-state index in [0.29, 0.717) is 48.8 Å². The molecule has 1 aromatic heterocycles. The smallest absolute Gasteiger partial charge is 0.338 e. The van der Waals surface area contributed by atoms with Crippen molar-refractivity contribution in [2.75, 3.05) is 11.9 Å². The van der Waals surface area contributed by atoms with Crippen LogP contribution in [0.5, 0.6) is 0 Å². The van der Waals surface area contributed by atoms with Gasteiger partial charge in [0, 0.05) is 24.1 Å². The summed E-state index contributed by atoms with van der Waals surface area (Å²) < 4.78 is 10.3. The summed E-state index contributed by atoms with van der Waals surface area (Å²) in [5.74, 6) is 0.555. The number of hydrogen-bond donors (Lipinski definition) is 1. The summed E-state index contributed by atoms with van der Waals surface area (Å²) >= 11 is 0.